The second-order valence-electron chi connectivity index (χ2n) is 5.24. The molecule has 130 valence electrons. The number of aromatic amines is 1. The summed E-state index contributed by atoms with van der Waals surface area (Å²) in [6, 6.07) is 1.88. The molecule has 0 unspecified atom stereocenters. The van der Waals surface area contributed by atoms with E-state index in [-0.39, 0.29) is 17.9 Å². The van der Waals surface area contributed by atoms with Crippen LogP contribution in [0.25, 0.3) is 0 Å². The minimum absolute atomic E-state index is 0.0589. The Bertz CT molecular complexity index is 923. The van der Waals surface area contributed by atoms with Crippen molar-refractivity contribution in [2.24, 2.45) is 0 Å². The molecule has 0 saturated carbocycles. The number of pyridine rings is 1. The van der Waals surface area contributed by atoms with E-state index in [1.165, 1.54) is 13.3 Å². The first kappa shape index (κ1) is 18.4. The van der Waals surface area contributed by atoms with Crippen LogP contribution in [0.1, 0.15) is 38.5 Å². The van der Waals surface area contributed by atoms with Gasteiger partial charge in [0.05, 0.1) is 13.3 Å². The van der Waals surface area contributed by atoms with Gasteiger partial charge in [-0.2, -0.15) is 5.26 Å². The lowest BCUT2D eigenvalue weighted by atomic mass is 9.99. The lowest BCUT2D eigenvalue weighted by Crippen LogP contribution is -2.18. The summed E-state index contributed by atoms with van der Waals surface area (Å²) in [5.41, 5.74) is 1.61. The van der Waals surface area contributed by atoms with Gasteiger partial charge < -0.3 is 15.0 Å². The molecule has 2 aromatic rings. The van der Waals surface area contributed by atoms with Crippen molar-refractivity contribution in [3.8, 4) is 6.07 Å². The van der Waals surface area contributed by atoms with E-state index in [4.69, 9.17) is 5.26 Å². The van der Waals surface area contributed by atoms with Crippen molar-refractivity contribution in [3.05, 3.63) is 43.8 Å². The molecular weight excluding hydrogens is 344 g/mol. The summed E-state index contributed by atoms with van der Waals surface area (Å²) in [6.07, 6.45) is 1.84. The number of H-pyrrole nitrogens is 1. The number of thiazole rings is 1. The molecule has 0 fully saturated rings. The van der Waals surface area contributed by atoms with Gasteiger partial charge in [-0.15, -0.1) is 0 Å². The van der Waals surface area contributed by atoms with Crippen LogP contribution in [0.5, 0.6) is 0 Å². The van der Waals surface area contributed by atoms with Gasteiger partial charge >= 0.3 is 5.97 Å². The van der Waals surface area contributed by atoms with Crippen molar-refractivity contribution >= 4 is 28.3 Å². The molecule has 8 nitrogen and oxygen atoms in total. The number of rotatable bonds is 5. The van der Waals surface area contributed by atoms with Gasteiger partial charge in [0.25, 0.3) is 5.56 Å². The van der Waals surface area contributed by atoms with Crippen molar-refractivity contribution in [3.63, 3.8) is 0 Å². The number of carbonyl (C=O) groups is 2. The number of hydrogen-bond acceptors (Lipinski definition) is 7. The number of aryl methyl sites for hydroxylation is 1. The first-order chi connectivity index (χ1) is 11.9. The van der Waals surface area contributed by atoms with Crippen molar-refractivity contribution in [1.82, 2.24) is 9.97 Å². The number of nitriles is 1. The summed E-state index contributed by atoms with van der Waals surface area (Å²) in [7, 11) is 1.27. The number of anilines is 1. The fourth-order valence-electron chi connectivity index (χ4n) is 2.37. The van der Waals surface area contributed by atoms with Gasteiger partial charge in [-0.25, -0.2) is 9.78 Å². The van der Waals surface area contributed by atoms with E-state index in [0.29, 0.717) is 27.7 Å². The van der Waals surface area contributed by atoms with Gasteiger partial charge in [-0.1, -0.05) is 11.3 Å². The van der Waals surface area contributed by atoms with Crippen LogP contribution in [0.15, 0.2) is 11.0 Å². The Morgan fingerprint density at radius 2 is 2.16 bits per heavy atom. The van der Waals surface area contributed by atoms with E-state index in [0.717, 1.165) is 16.9 Å². The summed E-state index contributed by atoms with van der Waals surface area (Å²) in [5, 5.41) is 12.0. The molecule has 0 saturated heterocycles. The van der Waals surface area contributed by atoms with Crippen molar-refractivity contribution in [2.45, 2.75) is 26.7 Å². The smallest absolute Gasteiger partial charge is 0.349 e. The Balaban J connectivity index is 2.06. The number of hydrogen-bond donors (Lipinski definition) is 2. The molecule has 0 aliphatic carbocycles. The first-order valence-corrected chi connectivity index (χ1v) is 8.15. The second-order valence-corrected chi connectivity index (χ2v) is 6.27. The van der Waals surface area contributed by atoms with Gasteiger partial charge in [-0.3, -0.25) is 9.59 Å². The minimum atomic E-state index is -0.512. The quantitative estimate of drug-likeness (QED) is 0.782. The molecule has 9 heteroatoms. The third kappa shape index (κ3) is 4.10. The van der Waals surface area contributed by atoms with E-state index in [1.807, 2.05) is 6.07 Å². The number of methoxy groups -OCH3 is 1. The topological polar surface area (TPSA) is 125 Å². The van der Waals surface area contributed by atoms with E-state index >= 15 is 0 Å². The fourth-order valence-corrected chi connectivity index (χ4v) is 3.12. The number of carbonyl (C=O) groups excluding carboxylic acids is 2. The maximum atomic E-state index is 12.1. The summed E-state index contributed by atoms with van der Waals surface area (Å²) < 4.78 is 4.58. The highest BCUT2D eigenvalue weighted by molar-refractivity contribution is 7.17. The number of nitrogens with one attached hydrogen (secondary N) is 2. The summed E-state index contributed by atoms with van der Waals surface area (Å²) in [4.78, 5) is 42.0. The summed E-state index contributed by atoms with van der Waals surface area (Å²) in [6.45, 7) is 3.42. The highest BCUT2D eigenvalue weighted by atomic mass is 32.1. The molecular formula is C16H16N4O4S. The monoisotopic (exact) mass is 360 g/mol. The third-order valence-electron chi connectivity index (χ3n) is 3.66. The Kier molecular flexibility index (Phi) is 5.67. The molecule has 0 aliphatic heterocycles. The van der Waals surface area contributed by atoms with Crippen molar-refractivity contribution in [1.29, 1.82) is 5.26 Å². The largest absolute Gasteiger partial charge is 0.465 e. The molecule has 0 atom stereocenters. The molecule has 0 radical (unpaired) electrons. The highest BCUT2D eigenvalue weighted by Gasteiger charge is 2.15. The summed E-state index contributed by atoms with van der Waals surface area (Å²) >= 11 is 1.02. The van der Waals surface area contributed by atoms with Crippen LogP contribution in [-0.4, -0.2) is 29.0 Å². The predicted octanol–water partition coefficient (Wildman–Crippen LogP) is 1.68. The number of aromatic nitrogens is 2. The van der Waals surface area contributed by atoms with E-state index in [9.17, 15) is 14.4 Å². The van der Waals surface area contributed by atoms with Crippen LogP contribution in [0.4, 0.5) is 5.13 Å². The molecule has 0 aromatic carbocycles. The van der Waals surface area contributed by atoms with E-state index < -0.39 is 11.5 Å². The molecule has 0 bridgehead atoms. The minimum Gasteiger partial charge on any atom is -0.465 e. The number of ether oxygens (including phenoxy) is 1. The molecule has 2 heterocycles. The second kappa shape index (κ2) is 7.72. The van der Waals surface area contributed by atoms with Gasteiger partial charge in [0, 0.05) is 12.1 Å². The predicted molar refractivity (Wildman–Crippen MR) is 91.7 cm³/mol. The molecule has 0 aliphatic rings. The van der Waals surface area contributed by atoms with Gasteiger partial charge in [-0.05, 0) is 31.4 Å². The Morgan fingerprint density at radius 1 is 1.44 bits per heavy atom. The van der Waals surface area contributed by atoms with Crippen LogP contribution >= 0.6 is 11.3 Å². The maximum Gasteiger partial charge on any atom is 0.349 e. The van der Waals surface area contributed by atoms with Crippen LogP contribution in [-0.2, 0) is 16.0 Å². The SMILES string of the molecule is COC(=O)c1cnc(NC(=O)CCc2c(C)[nH]c(=O)c(C#N)c2C)s1. The lowest BCUT2D eigenvalue weighted by Gasteiger charge is -2.10. The zero-order valence-electron chi connectivity index (χ0n) is 13.9. The average molecular weight is 360 g/mol. The van der Waals surface area contributed by atoms with Crippen molar-refractivity contribution in [2.75, 3.05) is 12.4 Å². The molecule has 1 amide bonds. The number of amides is 1. The molecule has 25 heavy (non-hydrogen) atoms. The standard InChI is InChI=1S/C16H16N4O4S/c1-8-10(9(2)19-14(22)11(8)6-17)4-5-13(21)20-16-18-7-12(25-16)15(23)24-3/h7H,4-5H2,1-3H3,(H,19,22)(H,18,20,21). The third-order valence-corrected chi connectivity index (χ3v) is 4.55. The van der Waals surface area contributed by atoms with E-state index in [1.54, 1.807) is 13.8 Å². The molecule has 2 rings (SSSR count). The van der Waals surface area contributed by atoms with Gasteiger partial charge in [0.2, 0.25) is 5.91 Å². The van der Waals surface area contributed by atoms with E-state index in [2.05, 4.69) is 20.0 Å². The molecule has 0 spiro atoms. The zero-order valence-corrected chi connectivity index (χ0v) is 14.7. The molecule has 2 N–H and O–H groups in total. The Labute approximate surface area is 147 Å². The Hall–Kier alpha value is -2.99. The van der Waals surface area contributed by atoms with Crippen LogP contribution < -0.4 is 10.9 Å². The molecule has 2 aromatic heterocycles. The van der Waals surface area contributed by atoms with Crippen LogP contribution in [0.3, 0.4) is 0 Å². The zero-order chi connectivity index (χ0) is 18.6. The van der Waals surface area contributed by atoms with Gasteiger partial charge in [0.15, 0.2) is 5.13 Å². The fraction of sp³-hybridized carbons (Fsp3) is 0.312. The van der Waals surface area contributed by atoms with Crippen LogP contribution in [0.2, 0.25) is 0 Å². The van der Waals surface area contributed by atoms with Crippen molar-refractivity contribution < 1.29 is 14.3 Å². The Morgan fingerprint density at radius 3 is 2.80 bits per heavy atom. The first-order valence-electron chi connectivity index (χ1n) is 7.33. The maximum absolute atomic E-state index is 12.1. The normalized spacial score (nSPS) is 10.2. The highest BCUT2D eigenvalue weighted by Crippen LogP contribution is 2.20. The van der Waals surface area contributed by atoms with Gasteiger partial charge in [0.1, 0.15) is 16.5 Å². The number of esters is 1. The summed E-state index contributed by atoms with van der Waals surface area (Å²) in [5.74, 6) is -0.796. The van der Waals surface area contributed by atoms with Crippen LogP contribution in [0, 0.1) is 25.2 Å². The number of nitrogens with zero attached hydrogens (tertiary/aromatic N) is 2. The average Bonchev–Trinajstić information content (AvgIpc) is 3.02. The lowest BCUT2D eigenvalue weighted by molar-refractivity contribution is -0.116.